The van der Waals surface area contributed by atoms with Crippen LogP contribution in [0, 0.1) is 23.7 Å². The van der Waals surface area contributed by atoms with E-state index in [9.17, 15) is 4.79 Å². The lowest BCUT2D eigenvalue weighted by molar-refractivity contribution is 0.0473. The zero-order chi connectivity index (χ0) is 17.5. The number of carbonyl (C=O) groups is 1. The summed E-state index contributed by atoms with van der Waals surface area (Å²) in [5.41, 5.74) is 2.84. The molecule has 1 saturated carbocycles. The highest BCUT2D eigenvalue weighted by Gasteiger charge is 2.49. The smallest absolute Gasteiger partial charge is 0.338 e. The number of ether oxygens (including phenoxy) is 1. The van der Waals surface area contributed by atoms with Gasteiger partial charge >= 0.3 is 5.97 Å². The molecule has 26 heavy (non-hydrogen) atoms. The predicted octanol–water partition coefficient (Wildman–Crippen LogP) is 4.30. The van der Waals surface area contributed by atoms with Crippen LogP contribution in [-0.2, 0) is 11.3 Å². The normalized spacial score (nSPS) is 28.4. The van der Waals surface area contributed by atoms with Crippen LogP contribution < -0.4 is 4.90 Å². The lowest BCUT2D eigenvalue weighted by Gasteiger charge is -2.21. The second-order valence-corrected chi connectivity index (χ2v) is 7.79. The van der Waals surface area contributed by atoms with Crippen LogP contribution in [0.1, 0.15) is 22.3 Å². The zero-order valence-electron chi connectivity index (χ0n) is 14.8. The van der Waals surface area contributed by atoms with Crippen LogP contribution in [0.25, 0.3) is 0 Å². The quantitative estimate of drug-likeness (QED) is 0.611. The second kappa shape index (κ2) is 6.31. The molecule has 0 spiro atoms. The molecule has 3 heteroatoms. The topological polar surface area (TPSA) is 29.5 Å². The van der Waals surface area contributed by atoms with Crippen molar-refractivity contribution in [3.05, 3.63) is 77.9 Å². The van der Waals surface area contributed by atoms with Crippen molar-refractivity contribution in [3.8, 4) is 0 Å². The van der Waals surface area contributed by atoms with Crippen molar-refractivity contribution in [1.29, 1.82) is 0 Å². The lowest BCUT2D eigenvalue weighted by Crippen LogP contribution is -2.22. The number of benzene rings is 2. The molecular weight excluding hydrogens is 322 g/mol. The van der Waals surface area contributed by atoms with Crippen LogP contribution in [0.2, 0.25) is 0 Å². The lowest BCUT2D eigenvalue weighted by atomic mass is 9.86. The van der Waals surface area contributed by atoms with E-state index in [1.54, 1.807) is 0 Å². The first kappa shape index (κ1) is 15.7. The first-order valence-electron chi connectivity index (χ1n) is 9.52. The number of nitrogens with zero attached hydrogens (tertiary/aromatic N) is 1. The number of allylic oxidation sites excluding steroid dienone is 2. The fourth-order valence-electron chi connectivity index (χ4n) is 4.98. The summed E-state index contributed by atoms with van der Waals surface area (Å²) in [7, 11) is 0. The Hall–Kier alpha value is -2.55. The standard InChI is InChI=1S/C23H23NO2/c25-23(26-15-16-4-2-1-3-5-16)17-8-10-20(11-9-17)24-13-21-18-6-7-19(12-18)22(21)14-24/h1-11,18-19,21-22H,12-15H2. The molecule has 0 radical (unpaired) electrons. The summed E-state index contributed by atoms with van der Waals surface area (Å²) in [4.78, 5) is 14.7. The van der Waals surface area contributed by atoms with E-state index in [0.717, 1.165) is 42.3 Å². The van der Waals surface area contributed by atoms with Crippen molar-refractivity contribution in [3.63, 3.8) is 0 Å². The second-order valence-electron chi connectivity index (χ2n) is 7.79. The molecule has 4 atom stereocenters. The van der Waals surface area contributed by atoms with Gasteiger partial charge in [0.15, 0.2) is 0 Å². The molecule has 2 aliphatic carbocycles. The number of fused-ring (bicyclic) bond motifs is 5. The number of hydrogen-bond acceptors (Lipinski definition) is 3. The molecule has 1 saturated heterocycles. The van der Waals surface area contributed by atoms with Crippen molar-refractivity contribution >= 4 is 11.7 Å². The van der Waals surface area contributed by atoms with Gasteiger partial charge in [0.2, 0.25) is 0 Å². The van der Waals surface area contributed by atoms with Crippen molar-refractivity contribution in [2.45, 2.75) is 13.0 Å². The van der Waals surface area contributed by atoms with Crippen molar-refractivity contribution in [2.75, 3.05) is 18.0 Å². The van der Waals surface area contributed by atoms with E-state index in [-0.39, 0.29) is 5.97 Å². The summed E-state index contributed by atoms with van der Waals surface area (Å²) in [6.07, 6.45) is 6.23. The van der Waals surface area contributed by atoms with Gasteiger partial charge in [-0.1, -0.05) is 42.5 Å². The van der Waals surface area contributed by atoms with E-state index >= 15 is 0 Å². The fraction of sp³-hybridized carbons (Fsp3) is 0.348. The highest BCUT2D eigenvalue weighted by molar-refractivity contribution is 5.89. The maximum absolute atomic E-state index is 12.3. The van der Waals surface area contributed by atoms with Gasteiger partial charge in [0, 0.05) is 18.8 Å². The number of anilines is 1. The minimum Gasteiger partial charge on any atom is -0.457 e. The van der Waals surface area contributed by atoms with E-state index < -0.39 is 0 Å². The summed E-state index contributed by atoms with van der Waals surface area (Å²) in [5, 5.41) is 0. The highest BCUT2D eigenvalue weighted by atomic mass is 16.5. The molecular formula is C23H23NO2. The van der Waals surface area contributed by atoms with Gasteiger partial charge in [0.25, 0.3) is 0 Å². The monoisotopic (exact) mass is 345 g/mol. The van der Waals surface area contributed by atoms with Crippen LogP contribution >= 0.6 is 0 Å². The van der Waals surface area contributed by atoms with E-state index in [2.05, 4.69) is 29.2 Å². The Morgan fingerprint density at radius 2 is 1.58 bits per heavy atom. The fourth-order valence-corrected chi connectivity index (χ4v) is 4.98. The molecule has 0 aromatic heterocycles. The molecule has 3 nitrogen and oxygen atoms in total. The van der Waals surface area contributed by atoms with Crippen LogP contribution in [0.3, 0.4) is 0 Å². The first-order chi connectivity index (χ1) is 12.8. The van der Waals surface area contributed by atoms with Crippen LogP contribution in [0.5, 0.6) is 0 Å². The minimum absolute atomic E-state index is 0.263. The molecule has 5 rings (SSSR count). The number of rotatable bonds is 4. The molecule has 0 N–H and O–H groups in total. The summed E-state index contributed by atoms with van der Waals surface area (Å²) >= 11 is 0. The average Bonchev–Trinajstić information content (AvgIpc) is 3.40. The highest BCUT2D eigenvalue weighted by Crippen LogP contribution is 2.51. The van der Waals surface area contributed by atoms with Gasteiger partial charge in [-0.3, -0.25) is 0 Å². The van der Waals surface area contributed by atoms with Gasteiger partial charge in [-0.2, -0.15) is 0 Å². The Balaban J connectivity index is 1.22. The molecule has 1 heterocycles. The molecule has 132 valence electrons. The van der Waals surface area contributed by atoms with E-state index in [1.165, 1.54) is 12.1 Å². The molecule has 2 bridgehead atoms. The first-order valence-corrected chi connectivity index (χ1v) is 9.52. The van der Waals surface area contributed by atoms with Gasteiger partial charge in [-0.05, 0) is 59.9 Å². The maximum Gasteiger partial charge on any atom is 0.338 e. The Bertz CT molecular complexity index is 807. The van der Waals surface area contributed by atoms with Crippen LogP contribution in [0.15, 0.2) is 66.7 Å². The summed E-state index contributed by atoms with van der Waals surface area (Å²) in [6.45, 7) is 2.61. The Labute approximate surface area is 154 Å². The molecule has 3 aliphatic rings. The Morgan fingerprint density at radius 3 is 2.23 bits per heavy atom. The molecule has 2 aromatic rings. The van der Waals surface area contributed by atoms with E-state index in [0.29, 0.717) is 12.2 Å². The van der Waals surface area contributed by atoms with Crippen molar-refractivity contribution < 1.29 is 9.53 Å². The predicted molar refractivity (Wildman–Crippen MR) is 102 cm³/mol. The summed E-state index contributed by atoms with van der Waals surface area (Å²) in [6, 6.07) is 17.7. The molecule has 4 unspecified atom stereocenters. The van der Waals surface area contributed by atoms with Crippen molar-refractivity contribution in [2.24, 2.45) is 23.7 Å². The van der Waals surface area contributed by atoms with Crippen LogP contribution in [0.4, 0.5) is 5.69 Å². The van der Waals surface area contributed by atoms with Gasteiger partial charge in [0.1, 0.15) is 6.61 Å². The van der Waals surface area contributed by atoms with E-state index in [1.807, 2.05) is 42.5 Å². The number of esters is 1. The SMILES string of the molecule is O=C(OCc1ccccc1)c1ccc(N2CC3C4C=CC(C4)C3C2)cc1. The minimum atomic E-state index is -0.263. The molecule has 0 amide bonds. The zero-order valence-corrected chi connectivity index (χ0v) is 14.8. The molecule has 2 fully saturated rings. The van der Waals surface area contributed by atoms with Gasteiger partial charge < -0.3 is 9.64 Å². The third-order valence-corrected chi connectivity index (χ3v) is 6.34. The Kier molecular flexibility index (Phi) is 3.81. The van der Waals surface area contributed by atoms with Gasteiger partial charge in [-0.15, -0.1) is 0 Å². The maximum atomic E-state index is 12.3. The van der Waals surface area contributed by atoms with Crippen molar-refractivity contribution in [1.82, 2.24) is 0 Å². The average molecular weight is 345 g/mol. The number of hydrogen-bond donors (Lipinski definition) is 0. The largest absolute Gasteiger partial charge is 0.457 e. The summed E-state index contributed by atoms with van der Waals surface area (Å²) in [5.74, 6) is 2.96. The van der Waals surface area contributed by atoms with Gasteiger partial charge in [0.05, 0.1) is 5.56 Å². The third-order valence-electron chi connectivity index (χ3n) is 6.34. The van der Waals surface area contributed by atoms with Crippen LogP contribution in [-0.4, -0.2) is 19.1 Å². The van der Waals surface area contributed by atoms with Gasteiger partial charge in [-0.25, -0.2) is 4.79 Å². The third kappa shape index (κ3) is 2.72. The molecule has 2 aromatic carbocycles. The Morgan fingerprint density at radius 1 is 0.923 bits per heavy atom. The number of carbonyl (C=O) groups excluding carboxylic acids is 1. The molecule has 1 aliphatic heterocycles. The summed E-state index contributed by atoms with van der Waals surface area (Å²) < 4.78 is 5.42. The van der Waals surface area contributed by atoms with E-state index in [4.69, 9.17) is 4.74 Å².